The first-order valence-corrected chi connectivity index (χ1v) is 16.1. The van der Waals surface area contributed by atoms with Crippen LogP contribution in [0.15, 0.2) is 48.5 Å². The second-order valence-electron chi connectivity index (χ2n) is 11.3. The fourth-order valence-corrected chi connectivity index (χ4v) is 4.71. The number of ether oxygens (including phenoxy) is 4. The molecule has 12 N–H and O–H groups in total. The van der Waals surface area contributed by atoms with Gasteiger partial charge in [0.2, 0.25) is 5.78 Å². The zero-order chi connectivity index (χ0) is 41.4. The summed E-state index contributed by atoms with van der Waals surface area (Å²) in [5, 5.41) is 89.5. The summed E-state index contributed by atoms with van der Waals surface area (Å²) in [6.45, 7) is 0.0878. The number of carboxylic acid groups (broad SMARTS) is 4. The number of phenolic OH excluding ortho intramolecular Hbond substituents is 3. The Labute approximate surface area is 311 Å². The van der Waals surface area contributed by atoms with Gasteiger partial charge in [-0.05, 0) is 29.8 Å². The summed E-state index contributed by atoms with van der Waals surface area (Å²) >= 11 is 0. The van der Waals surface area contributed by atoms with Crippen LogP contribution in [0.1, 0.15) is 59.4 Å². The van der Waals surface area contributed by atoms with E-state index in [2.05, 4.69) is 0 Å². The summed E-state index contributed by atoms with van der Waals surface area (Å²) in [5.41, 5.74) is 5.56. The normalized spacial score (nSPS) is 17.5. The number of phenols is 3. The number of aliphatic hydroxyl groups excluding tert-OH is 3. The average Bonchev–Trinajstić information content (AvgIpc) is 3.14. The van der Waals surface area contributed by atoms with E-state index in [9.17, 15) is 49.5 Å². The Kier molecular flexibility index (Phi) is 17.4. The number of nitrogens with two attached hydrogens (primary N) is 1. The predicted octanol–water partition coefficient (Wildman–Crippen LogP) is 1.17. The molecule has 20 heteroatoms. The Morgan fingerprint density at radius 3 is 1.69 bits per heavy atom. The molecule has 2 aliphatic rings. The fraction of sp³-hybridized carbons (Fsp3) is 0.343. The highest BCUT2D eigenvalue weighted by Crippen LogP contribution is 2.45. The maximum Gasteiger partial charge on any atom is 0.303 e. The molecule has 0 spiro atoms. The minimum absolute atomic E-state index is 0.0395. The summed E-state index contributed by atoms with van der Waals surface area (Å²) < 4.78 is 23.0. The van der Waals surface area contributed by atoms with Gasteiger partial charge in [0, 0.05) is 24.2 Å². The molecule has 55 heavy (non-hydrogen) atoms. The summed E-state index contributed by atoms with van der Waals surface area (Å²) in [6.07, 6.45) is -5.46. The predicted molar refractivity (Wildman–Crippen MR) is 185 cm³/mol. The molecule has 4 atom stereocenters. The molecule has 0 aliphatic carbocycles. The second kappa shape index (κ2) is 21.4. The number of aliphatic hydroxyl groups is 3. The first-order chi connectivity index (χ1) is 26.0. The number of benzene rings is 3. The van der Waals surface area contributed by atoms with Crippen molar-refractivity contribution in [1.29, 1.82) is 0 Å². The molecule has 0 saturated heterocycles. The van der Waals surface area contributed by atoms with Gasteiger partial charge in [-0.3, -0.25) is 24.0 Å². The lowest BCUT2D eigenvalue weighted by molar-refractivity contribution is -0.143. The smallest absolute Gasteiger partial charge is 0.303 e. The molecule has 0 bridgehead atoms. The molecule has 0 amide bonds. The Morgan fingerprint density at radius 2 is 1.20 bits per heavy atom. The van der Waals surface area contributed by atoms with Crippen LogP contribution in [-0.4, -0.2) is 120 Å². The summed E-state index contributed by atoms with van der Waals surface area (Å²) in [6, 6.07) is 11.6. The maximum atomic E-state index is 12.7. The molecule has 20 nitrogen and oxygen atoms in total. The van der Waals surface area contributed by atoms with Gasteiger partial charge in [0.1, 0.15) is 22.8 Å². The van der Waals surface area contributed by atoms with E-state index in [0.717, 1.165) is 6.07 Å². The first kappa shape index (κ1) is 44.8. The van der Waals surface area contributed by atoms with Crippen LogP contribution in [0.3, 0.4) is 0 Å². The number of methoxy groups -OCH3 is 1. The number of carbonyl (C=O) groups excluding carboxylic acids is 1. The third kappa shape index (κ3) is 13.2. The standard InChI is InChI=1S/C25H22O10.2C4H6O4.C2H7NO/c1-32-17-6-11(2-4-14(17)28)24-20(10-26)33-18-7-12(3-5-16(18)34-24)25-23(31)22(30)21-15(29)8-13(27)9-19(21)35-25;2*5-3(6)1-2-4(7)8;3-1-2-4/h2-9,20,23-29,31H,10H2,1H3;2*1-2H2,(H,5,6)(H,7,8);4H,1-3H2. The highest BCUT2D eigenvalue weighted by Gasteiger charge is 2.40. The van der Waals surface area contributed by atoms with Crippen molar-refractivity contribution in [3.8, 4) is 40.2 Å². The van der Waals surface area contributed by atoms with Gasteiger partial charge in [-0.15, -0.1) is 0 Å². The molecular formula is C35H41NO19. The minimum Gasteiger partial charge on any atom is -0.508 e. The number of rotatable bonds is 11. The van der Waals surface area contributed by atoms with Crippen LogP contribution >= 0.6 is 0 Å². The second-order valence-corrected chi connectivity index (χ2v) is 11.3. The fourth-order valence-electron chi connectivity index (χ4n) is 4.71. The Hall–Kier alpha value is -6.35. The van der Waals surface area contributed by atoms with Gasteiger partial charge in [0.05, 0.1) is 46.0 Å². The molecule has 0 fully saturated rings. The molecule has 3 aromatic rings. The van der Waals surface area contributed by atoms with Gasteiger partial charge in [0.25, 0.3) is 0 Å². The maximum absolute atomic E-state index is 12.7. The number of aliphatic carboxylic acids is 4. The van der Waals surface area contributed by atoms with Gasteiger partial charge < -0.3 is 75.7 Å². The summed E-state index contributed by atoms with van der Waals surface area (Å²) in [4.78, 5) is 51.3. The highest BCUT2D eigenvalue weighted by molar-refractivity contribution is 6.05. The van der Waals surface area contributed by atoms with Crippen molar-refractivity contribution in [2.45, 2.75) is 50.1 Å². The zero-order valence-corrected chi connectivity index (χ0v) is 29.1. The number of Topliss-reactive ketones (excluding diaryl/α,β-unsaturated/α-hetero) is 1. The average molecular weight is 780 g/mol. The number of hydrogen-bond donors (Lipinski definition) is 11. The van der Waals surface area contributed by atoms with E-state index < -0.39 is 59.8 Å². The van der Waals surface area contributed by atoms with Crippen molar-refractivity contribution in [3.63, 3.8) is 0 Å². The van der Waals surface area contributed by atoms with Gasteiger partial charge in [-0.1, -0.05) is 12.1 Å². The zero-order valence-electron chi connectivity index (χ0n) is 29.1. The molecule has 5 rings (SSSR count). The van der Waals surface area contributed by atoms with Crippen molar-refractivity contribution in [1.82, 2.24) is 0 Å². The van der Waals surface area contributed by atoms with E-state index in [1.165, 1.54) is 25.3 Å². The van der Waals surface area contributed by atoms with E-state index in [1.807, 2.05) is 0 Å². The van der Waals surface area contributed by atoms with Crippen molar-refractivity contribution in [3.05, 3.63) is 65.2 Å². The minimum atomic E-state index is -1.62. The van der Waals surface area contributed by atoms with Crippen molar-refractivity contribution < 1.29 is 94.0 Å². The topological polar surface area (TPSA) is 351 Å². The van der Waals surface area contributed by atoms with Gasteiger partial charge in [-0.25, -0.2) is 0 Å². The van der Waals surface area contributed by atoms with Gasteiger partial charge >= 0.3 is 23.9 Å². The molecule has 0 aromatic heterocycles. The highest BCUT2D eigenvalue weighted by atomic mass is 16.6. The molecule has 0 saturated carbocycles. The number of carbonyl (C=O) groups is 5. The van der Waals surface area contributed by atoms with Gasteiger partial charge in [-0.2, -0.15) is 0 Å². The van der Waals surface area contributed by atoms with Crippen molar-refractivity contribution in [2.75, 3.05) is 26.9 Å². The van der Waals surface area contributed by atoms with Crippen molar-refractivity contribution in [2.24, 2.45) is 5.73 Å². The first-order valence-electron chi connectivity index (χ1n) is 16.1. The largest absolute Gasteiger partial charge is 0.508 e. The lowest BCUT2D eigenvalue weighted by Crippen LogP contribution is -2.37. The molecule has 2 aliphatic heterocycles. The van der Waals surface area contributed by atoms with E-state index >= 15 is 0 Å². The van der Waals surface area contributed by atoms with Crippen LogP contribution in [0.25, 0.3) is 0 Å². The lowest BCUT2D eigenvalue weighted by Gasteiger charge is -2.35. The molecule has 300 valence electrons. The SMILES string of the molecule is COc1cc(C2Oc3ccc(C4Oc5cc(O)cc(O)c5C(=O)C4O)cc3OC2CO)ccc1O.NCCO.O=C(O)CCC(=O)O.O=C(O)CCC(=O)O. The van der Waals surface area contributed by atoms with Crippen LogP contribution in [0, 0.1) is 0 Å². The van der Waals surface area contributed by atoms with Crippen LogP contribution in [-0.2, 0) is 19.2 Å². The van der Waals surface area contributed by atoms with Crippen LogP contribution < -0.4 is 24.7 Å². The number of ketones is 1. The number of carboxylic acids is 4. The molecule has 4 unspecified atom stereocenters. The van der Waals surface area contributed by atoms with E-state index in [-0.39, 0.29) is 73.2 Å². The summed E-state index contributed by atoms with van der Waals surface area (Å²) in [7, 11) is 1.42. The number of hydrogen-bond acceptors (Lipinski definition) is 16. The molecule has 0 radical (unpaired) electrons. The Morgan fingerprint density at radius 1 is 0.691 bits per heavy atom. The Balaban J connectivity index is 0.000000431. The number of aromatic hydroxyl groups is 3. The van der Waals surface area contributed by atoms with Crippen LogP contribution in [0.5, 0.6) is 40.2 Å². The molecule has 2 heterocycles. The summed E-state index contributed by atoms with van der Waals surface area (Å²) in [5.74, 6) is -5.09. The quantitative estimate of drug-likeness (QED) is 0.130. The molecular weight excluding hydrogens is 738 g/mol. The van der Waals surface area contributed by atoms with Crippen LogP contribution in [0.4, 0.5) is 0 Å². The van der Waals surface area contributed by atoms with E-state index in [0.29, 0.717) is 23.4 Å². The third-order valence-electron chi connectivity index (χ3n) is 7.23. The monoisotopic (exact) mass is 779 g/mol. The van der Waals surface area contributed by atoms with E-state index in [4.69, 9.17) is 50.2 Å². The third-order valence-corrected chi connectivity index (χ3v) is 7.23. The number of fused-ring (bicyclic) bond motifs is 2. The Bertz CT molecular complexity index is 1750. The van der Waals surface area contributed by atoms with Crippen molar-refractivity contribution >= 4 is 29.7 Å². The van der Waals surface area contributed by atoms with Crippen LogP contribution in [0.2, 0.25) is 0 Å². The lowest BCUT2D eigenvalue weighted by atomic mass is 9.92. The molecule has 3 aromatic carbocycles. The van der Waals surface area contributed by atoms with Gasteiger partial charge in [0.15, 0.2) is 47.4 Å². The van der Waals surface area contributed by atoms with E-state index in [1.54, 1.807) is 24.3 Å².